The lowest BCUT2D eigenvalue weighted by Crippen LogP contribution is -2.47. The quantitative estimate of drug-likeness (QED) is 0.844. The van der Waals surface area contributed by atoms with Gasteiger partial charge in [0.25, 0.3) is 0 Å². The smallest absolute Gasteiger partial charge is 0.303 e. The van der Waals surface area contributed by atoms with Gasteiger partial charge >= 0.3 is 5.97 Å². The molecule has 1 aliphatic heterocycles. The lowest BCUT2D eigenvalue weighted by molar-refractivity contribution is -0.136. The van der Waals surface area contributed by atoms with E-state index >= 15 is 0 Å². The molecule has 2 rings (SSSR count). The summed E-state index contributed by atoms with van der Waals surface area (Å²) in [5.41, 5.74) is 3.26. The van der Waals surface area contributed by atoms with Crippen molar-refractivity contribution in [1.29, 1.82) is 0 Å². The summed E-state index contributed by atoms with van der Waals surface area (Å²) in [4.78, 5) is 24.3. The van der Waals surface area contributed by atoms with E-state index in [2.05, 4.69) is 17.1 Å². The Hall–Kier alpha value is -1.88. The van der Waals surface area contributed by atoms with Gasteiger partial charge in [0.1, 0.15) is 0 Å². The molecule has 140 valence electrons. The van der Waals surface area contributed by atoms with Crippen LogP contribution in [-0.2, 0) is 9.59 Å². The van der Waals surface area contributed by atoms with Crippen molar-refractivity contribution in [3.63, 3.8) is 0 Å². The van der Waals surface area contributed by atoms with E-state index in [9.17, 15) is 9.59 Å². The van der Waals surface area contributed by atoms with Crippen LogP contribution < -0.4 is 5.32 Å². The Balaban J connectivity index is 0.000000550. The number of aryl methyl sites for hydroxylation is 2. The number of benzene rings is 1. The number of anilines is 1. The van der Waals surface area contributed by atoms with Crippen molar-refractivity contribution in [2.45, 2.75) is 65.8 Å². The Morgan fingerprint density at radius 1 is 1.20 bits per heavy atom. The molecule has 1 fully saturated rings. The summed E-state index contributed by atoms with van der Waals surface area (Å²) < 4.78 is 0. The zero-order chi connectivity index (χ0) is 18.8. The van der Waals surface area contributed by atoms with Gasteiger partial charge < -0.3 is 10.4 Å². The Morgan fingerprint density at radius 3 is 2.32 bits per heavy atom. The van der Waals surface area contributed by atoms with Crippen LogP contribution in [0, 0.1) is 13.8 Å². The van der Waals surface area contributed by atoms with Crippen molar-refractivity contribution in [3.05, 3.63) is 29.3 Å². The van der Waals surface area contributed by atoms with Gasteiger partial charge in [0.15, 0.2) is 0 Å². The molecule has 0 spiro atoms. The van der Waals surface area contributed by atoms with Crippen LogP contribution in [0.3, 0.4) is 0 Å². The maximum atomic E-state index is 12.6. The number of nitrogens with zero attached hydrogens (tertiary/aromatic N) is 1. The molecule has 0 aromatic heterocycles. The first-order valence-corrected chi connectivity index (χ1v) is 9.23. The van der Waals surface area contributed by atoms with Crippen LogP contribution >= 0.6 is 0 Å². The summed E-state index contributed by atoms with van der Waals surface area (Å²) in [7, 11) is 0. The van der Waals surface area contributed by atoms with Gasteiger partial charge in [0, 0.05) is 12.1 Å². The first-order valence-electron chi connectivity index (χ1n) is 9.23. The number of likely N-dealkylation sites (tertiary alicyclic amines) is 1. The van der Waals surface area contributed by atoms with Crippen molar-refractivity contribution in [2.75, 3.05) is 18.4 Å². The molecule has 2 N–H and O–H groups in total. The number of piperidine rings is 1. The normalized spacial score (nSPS) is 17.4. The molecule has 1 atom stereocenters. The second-order valence-corrected chi connectivity index (χ2v) is 6.55. The third-order valence-corrected chi connectivity index (χ3v) is 4.46. The van der Waals surface area contributed by atoms with Gasteiger partial charge in [0.2, 0.25) is 5.91 Å². The first kappa shape index (κ1) is 21.2. The number of amides is 1. The van der Waals surface area contributed by atoms with Gasteiger partial charge in [-0.3, -0.25) is 14.5 Å². The fourth-order valence-electron chi connectivity index (χ4n) is 3.06. The van der Waals surface area contributed by atoms with E-state index in [0.29, 0.717) is 0 Å². The number of carboxylic acid groups (broad SMARTS) is 1. The van der Waals surface area contributed by atoms with E-state index < -0.39 is 5.97 Å². The second kappa shape index (κ2) is 10.9. The summed E-state index contributed by atoms with van der Waals surface area (Å²) >= 11 is 0. The van der Waals surface area contributed by atoms with Crippen molar-refractivity contribution in [1.82, 2.24) is 4.90 Å². The van der Waals surface area contributed by atoms with E-state index in [4.69, 9.17) is 5.11 Å². The minimum atomic E-state index is -0.745. The molecule has 5 heteroatoms. The molecule has 0 saturated carbocycles. The highest BCUT2D eigenvalue weighted by Crippen LogP contribution is 2.23. The number of aliphatic carboxylic acids is 1. The molecular formula is C20H32N2O3. The molecule has 1 aromatic rings. The Kier molecular flexibility index (Phi) is 9.21. The fraction of sp³-hybridized carbons (Fsp3) is 0.600. The first-order chi connectivity index (χ1) is 11.9. The van der Waals surface area contributed by atoms with Crippen LogP contribution in [0.1, 0.15) is 57.1 Å². The highest BCUT2D eigenvalue weighted by molar-refractivity contribution is 5.96. The standard InChI is InChI=1S/C17H26N2O.C3H6O2/c1-4-11-19-12-6-5-10-15(19)17(20)18-16-13(2)8-7-9-14(16)3;1-2-3(4)5/h7-9,15H,4-6,10-12H2,1-3H3,(H,18,20);2H2,1H3,(H,4,5)/t15-;/m0./s1. The molecule has 5 nitrogen and oxygen atoms in total. The number of rotatable bonds is 5. The number of hydrogen-bond donors (Lipinski definition) is 2. The fourth-order valence-corrected chi connectivity index (χ4v) is 3.06. The van der Waals surface area contributed by atoms with Crippen LogP contribution in [-0.4, -0.2) is 41.0 Å². The number of hydrogen-bond acceptors (Lipinski definition) is 3. The summed E-state index contributed by atoms with van der Waals surface area (Å²) in [5.74, 6) is -0.583. The lowest BCUT2D eigenvalue weighted by Gasteiger charge is -2.34. The van der Waals surface area contributed by atoms with E-state index in [1.165, 1.54) is 6.42 Å². The number of carbonyl (C=O) groups excluding carboxylic acids is 1. The molecule has 0 bridgehead atoms. The molecule has 1 amide bonds. The van der Waals surface area contributed by atoms with Gasteiger partial charge in [-0.05, 0) is 57.3 Å². The van der Waals surface area contributed by atoms with Crippen LogP contribution in [0.2, 0.25) is 0 Å². The second-order valence-electron chi connectivity index (χ2n) is 6.55. The van der Waals surface area contributed by atoms with Crippen molar-refractivity contribution in [2.24, 2.45) is 0 Å². The molecular weight excluding hydrogens is 316 g/mol. The van der Waals surface area contributed by atoms with Crippen LogP contribution in [0.25, 0.3) is 0 Å². The minimum Gasteiger partial charge on any atom is -0.481 e. The third-order valence-electron chi connectivity index (χ3n) is 4.46. The van der Waals surface area contributed by atoms with Crippen LogP contribution in [0.4, 0.5) is 5.69 Å². The van der Waals surface area contributed by atoms with E-state index in [1.54, 1.807) is 6.92 Å². The third kappa shape index (κ3) is 6.86. The van der Waals surface area contributed by atoms with Crippen LogP contribution in [0.5, 0.6) is 0 Å². The average molecular weight is 348 g/mol. The summed E-state index contributed by atoms with van der Waals surface area (Å²) in [6.45, 7) is 9.95. The Labute approximate surface area is 151 Å². The van der Waals surface area contributed by atoms with Gasteiger partial charge in [-0.1, -0.05) is 38.5 Å². The molecule has 25 heavy (non-hydrogen) atoms. The number of carboxylic acids is 1. The highest BCUT2D eigenvalue weighted by atomic mass is 16.4. The zero-order valence-electron chi connectivity index (χ0n) is 16.0. The van der Waals surface area contributed by atoms with Gasteiger partial charge in [0.05, 0.1) is 6.04 Å². The molecule has 1 saturated heterocycles. The van der Waals surface area contributed by atoms with Gasteiger partial charge in [-0.15, -0.1) is 0 Å². The van der Waals surface area contributed by atoms with E-state index in [1.807, 2.05) is 32.0 Å². The molecule has 0 aliphatic carbocycles. The van der Waals surface area contributed by atoms with Crippen molar-refractivity contribution >= 4 is 17.6 Å². The maximum Gasteiger partial charge on any atom is 0.303 e. The highest BCUT2D eigenvalue weighted by Gasteiger charge is 2.28. The maximum absolute atomic E-state index is 12.6. The molecule has 1 aliphatic rings. The zero-order valence-corrected chi connectivity index (χ0v) is 16.0. The lowest BCUT2D eigenvalue weighted by atomic mass is 10.0. The Morgan fingerprint density at radius 2 is 1.80 bits per heavy atom. The minimum absolute atomic E-state index is 0.0442. The van der Waals surface area contributed by atoms with Gasteiger partial charge in [-0.25, -0.2) is 0 Å². The van der Waals surface area contributed by atoms with Crippen molar-refractivity contribution in [3.8, 4) is 0 Å². The average Bonchev–Trinajstić information content (AvgIpc) is 2.59. The molecule has 1 aromatic carbocycles. The molecule has 0 radical (unpaired) electrons. The van der Waals surface area contributed by atoms with Crippen LogP contribution in [0.15, 0.2) is 18.2 Å². The molecule has 1 heterocycles. The number of para-hydroxylation sites is 1. The monoisotopic (exact) mass is 348 g/mol. The Bertz CT molecular complexity index is 550. The van der Waals surface area contributed by atoms with Crippen molar-refractivity contribution < 1.29 is 14.7 Å². The van der Waals surface area contributed by atoms with Gasteiger partial charge in [-0.2, -0.15) is 0 Å². The summed E-state index contributed by atoms with van der Waals surface area (Å²) in [6.07, 6.45) is 4.68. The summed E-state index contributed by atoms with van der Waals surface area (Å²) in [5, 5.41) is 10.9. The van der Waals surface area contributed by atoms with E-state index in [0.717, 1.165) is 49.2 Å². The largest absolute Gasteiger partial charge is 0.481 e. The molecule has 0 unspecified atom stereocenters. The predicted molar refractivity (Wildman–Crippen MR) is 102 cm³/mol. The number of nitrogens with one attached hydrogen (secondary N) is 1. The van der Waals surface area contributed by atoms with E-state index in [-0.39, 0.29) is 18.4 Å². The topological polar surface area (TPSA) is 69.6 Å². The SMILES string of the molecule is CCC(=O)O.CCCN1CCCC[C@H]1C(=O)Nc1c(C)cccc1C. The number of carbonyl (C=O) groups is 2. The predicted octanol–water partition coefficient (Wildman–Crippen LogP) is 3.99. The summed E-state index contributed by atoms with van der Waals surface area (Å²) in [6, 6.07) is 6.17.